The van der Waals surface area contributed by atoms with Gasteiger partial charge in [-0.15, -0.1) is 0 Å². The van der Waals surface area contributed by atoms with Crippen molar-refractivity contribution < 1.29 is 14.3 Å². The second kappa shape index (κ2) is 5.27. The molecule has 3 aliphatic heterocycles. The van der Waals surface area contributed by atoms with Crippen LogP contribution in [0.15, 0.2) is 0 Å². The standard InChI is InChI=1S/C16H24N2O3/c19-15(17-5-1-2-6-17)8-13-7-12-9-18(10-14(12)21-13)16(20)11-3-4-11/h11-14H,1-10H2/t12-,13+,14+/m0/s1. The van der Waals surface area contributed by atoms with Crippen LogP contribution >= 0.6 is 0 Å². The van der Waals surface area contributed by atoms with Gasteiger partial charge in [-0.25, -0.2) is 0 Å². The zero-order valence-corrected chi connectivity index (χ0v) is 12.5. The van der Waals surface area contributed by atoms with Crippen LogP contribution in [-0.4, -0.2) is 60.0 Å². The number of carbonyl (C=O) groups excluding carboxylic acids is 2. The molecule has 0 aromatic rings. The molecule has 4 fully saturated rings. The van der Waals surface area contributed by atoms with Gasteiger partial charge in [0.1, 0.15) is 0 Å². The molecule has 21 heavy (non-hydrogen) atoms. The lowest BCUT2D eigenvalue weighted by atomic mass is 10.0. The lowest BCUT2D eigenvalue weighted by Crippen LogP contribution is -2.34. The highest BCUT2D eigenvalue weighted by Crippen LogP contribution is 2.38. The van der Waals surface area contributed by atoms with Crippen LogP contribution in [0.1, 0.15) is 38.5 Å². The molecule has 1 aliphatic carbocycles. The van der Waals surface area contributed by atoms with Crippen LogP contribution in [0.25, 0.3) is 0 Å². The topological polar surface area (TPSA) is 49.9 Å². The molecular formula is C16H24N2O3. The zero-order chi connectivity index (χ0) is 14.4. The second-order valence-corrected chi connectivity index (χ2v) is 7.10. The first-order valence-electron chi connectivity index (χ1n) is 8.43. The zero-order valence-electron chi connectivity index (χ0n) is 12.5. The summed E-state index contributed by atoms with van der Waals surface area (Å²) < 4.78 is 6.05. The highest BCUT2D eigenvalue weighted by Gasteiger charge is 2.46. The Balaban J connectivity index is 1.27. The molecule has 0 N–H and O–H groups in total. The molecule has 4 rings (SSSR count). The third kappa shape index (κ3) is 2.68. The summed E-state index contributed by atoms with van der Waals surface area (Å²) in [5.41, 5.74) is 0. The van der Waals surface area contributed by atoms with Gasteiger partial charge < -0.3 is 14.5 Å². The summed E-state index contributed by atoms with van der Waals surface area (Å²) in [5, 5.41) is 0. The largest absolute Gasteiger partial charge is 0.372 e. The predicted molar refractivity (Wildman–Crippen MR) is 76.5 cm³/mol. The summed E-state index contributed by atoms with van der Waals surface area (Å²) in [5.74, 6) is 1.33. The van der Waals surface area contributed by atoms with Crippen LogP contribution < -0.4 is 0 Å². The lowest BCUT2D eigenvalue weighted by Gasteiger charge is -2.21. The van der Waals surface area contributed by atoms with Gasteiger partial charge in [0.25, 0.3) is 0 Å². The molecular weight excluding hydrogens is 268 g/mol. The highest BCUT2D eigenvalue weighted by molar-refractivity contribution is 5.81. The summed E-state index contributed by atoms with van der Waals surface area (Å²) in [6, 6.07) is 0. The molecule has 4 aliphatic rings. The maximum absolute atomic E-state index is 12.2. The van der Waals surface area contributed by atoms with Crippen LogP contribution in [0.3, 0.4) is 0 Å². The molecule has 3 heterocycles. The molecule has 0 radical (unpaired) electrons. The van der Waals surface area contributed by atoms with Gasteiger partial charge in [-0.2, -0.15) is 0 Å². The van der Waals surface area contributed by atoms with Crippen LogP contribution in [0.2, 0.25) is 0 Å². The summed E-state index contributed by atoms with van der Waals surface area (Å²) in [6.07, 6.45) is 6.14. The number of hydrogen-bond acceptors (Lipinski definition) is 3. The number of likely N-dealkylation sites (tertiary alicyclic amines) is 2. The van der Waals surface area contributed by atoms with Crippen LogP contribution in [0, 0.1) is 11.8 Å². The monoisotopic (exact) mass is 292 g/mol. The van der Waals surface area contributed by atoms with Gasteiger partial charge >= 0.3 is 0 Å². The average Bonchev–Trinajstić information content (AvgIpc) is 2.87. The van der Waals surface area contributed by atoms with Crippen molar-refractivity contribution >= 4 is 11.8 Å². The second-order valence-electron chi connectivity index (χ2n) is 7.10. The van der Waals surface area contributed by atoms with Gasteiger partial charge in [0, 0.05) is 38.0 Å². The summed E-state index contributed by atoms with van der Waals surface area (Å²) in [6.45, 7) is 3.42. The fraction of sp³-hybridized carbons (Fsp3) is 0.875. The van der Waals surface area contributed by atoms with Crippen molar-refractivity contribution in [3.8, 4) is 0 Å². The number of fused-ring (bicyclic) bond motifs is 1. The Bertz CT molecular complexity index is 429. The average molecular weight is 292 g/mol. The van der Waals surface area contributed by atoms with Gasteiger partial charge in [0.15, 0.2) is 0 Å². The Kier molecular flexibility index (Phi) is 3.40. The highest BCUT2D eigenvalue weighted by atomic mass is 16.5. The van der Waals surface area contributed by atoms with E-state index in [1.165, 1.54) is 0 Å². The first-order chi connectivity index (χ1) is 10.2. The predicted octanol–water partition coefficient (Wildman–Crippen LogP) is 1.02. The Morgan fingerprint density at radius 1 is 1.05 bits per heavy atom. The molecule has 0 aromatic carbocycles. The van der Waals surface area contributed by atoms with Crippen molar-refractivity contribution in [3.05, 3.63) is 0 Å². The molecule has 116 valence electrons. The van der Waals surface area contributed by atoms with Gasteiger partial charge in [-0.1, -0.05) is 0 Å². The summed E-state index contributed by atoms with van der Waals surface area (Å²) in [7, 11) is 0. The molecule has 0 bridgehead atoms. The van der Waals surface area contributed by atoms with E-state index in [9.17, 15) is 9.59 Å². The molecule has 5 heteroatoms. The maximum Gasteiger partial charge on any atom is 0.225 e. The Hall–Kier alpha value is -1.10. The summed E-state index contributed by atoms with van der Waals surface area (Å²) in [4.78, 5) is 28.2. The molecule has 0 unspecified atom stereocenters. The maximum atomic E-state index is 12.2. The third-order valence-electron chi connectivity index (χ3n) is 5.41. The minimum absolute atomic E-state index is 0.0753. The van der Waals surface area contributed by atoms with Gasteiger partial charge in [0.2, 0.25) is 11.8 Å². The third-order valence-corrected chi connectivity index (χ3v) is 5.41. The van der Waals surface area contributed by atoms with Crippen molar-refractivity contribution in [1.82, 2.24) is 9.80 Å². The minimum atomic E-state index is 0.0753. The molecule has 3 saturated heterocycles. The first-order valence-corrected chi connectivity index (χ1v) is 8.43. The molecule has 3 atom stereocenters. The normalized spacial score (nSPS) is 35.3. The number of amides is 2. The van der Waals surface area contributed by atoms with Crippen LogP contribution in [-0.2, 0) is 14.3 Å². The van der Waals surface area contributed by atoms with E-state index in [1.54, 1.807) is 0 Å². The molecule has 2 amide bonds. The quantitative estimate of drug-likeness (QED) is 0.780. The SMILES string of the molecule is O=C(C[C@H]1C[C@H]2CN(C(=O)C3CC3)C[C@H]2O1)N1CCCC1. The fourth-order valence-electron chi connectivity index (χ4n) is 4.05. The Morgan fingerprint density at radius 3 is 2.48 bits per heavy atom. The molecule has 5 nitrogen and oxygen atoms in total. The number of rotatable bonds is 3. The summed E-state index contributed by atoms with van der Waals surface area (Å²) >= 11 is 0. The Morgan fingerprint density at radius 2 is 1.81 bits per heavy atom. The first kappa shape index (κ1) is 13.6. The molecule has 0 aromatic heterocycles. The van der Waals surface area contributed by atoms with E-state index in [0.717, 1.165) is 58.3 Å². The van der Waals surface area contributed by atoms with Gasteiger partial charge in [-0.3, -0.25) is 9.59 Å². The Labute approximate surface area is 125 Å². The van der Waals surface area contributed by atoms with Crippen molar-refractivity contribution in [2.24, 2.45) is 11.8 Å². The molecule has 1 saturated carbocycles. The van der Waals surface area contributed by atoms with E-state index in [4.69, 9.17) is 4.74 Å². The van der Waals surface area contributed by atoms with Crippen LogP contribution in [0.4, 0.5) is 0 Å². The van der Waals surface area contributed by atoms with Crippen molar-refractivity contribution in [2.45, 2.75) is 50.7 Å². The van der Waals surface area contributed by atoms with E-state index in [2.05, 4.69) is 0 Å². The number of carbonyl (C=O) groups is 2. The lowest BCUT2D eigenvalue weighted by molar-refractivity contribution is -0.135. The molecule has 0 spiro atoms. The fourth-order valence-corrected chi connectivity index (χ4v) is 4.05. The van der Waals surface area contributed by atoms with Crippen molar-refractivity contribution in [3.63, 3.8) is 0 Å². The number of hydrogen-bond donors (Lipinski definition) is 0. The van der Waals surface area contributed by atoms with Gasteiger partial charge in [-0.05, 0) is 32.1 Å². The van der Waals surface area contributed by atoms with E-state index in [1.807, 2.05) is 9.80 Å². The van der Waals surface area contributed by atoms with Crippen LogP contribution in [0.5, 0.6) is 0 Å². The van der Waals surface area contributed by atoms with Gasteiger partial charge in [0.05, 0.1) is 18.6 Å². The number of nitrogens with zero attached hydrogens (tertiary/aromatic N) is 2. The van der Waals surface area contributed by atoms with E-state index < -0.39 is 0 Å². The smallest absolute Gasteiger partial charge is 0.225 e. The number of ether oxygens (including phenoxy) is 1. The minimum Gasteiger partial charge on any atom is -0.372 e. The van der Waals surface area contributed by atoms with E-state index in [0.29, 0.717) is 24.2 Å². The van der Waals surface area contributed by atoms with Crippen molar-refractivity contribution in [1.29, 1.82) is 0 Å². The van der Waals surface area contributed by atoms with Crippen molar-refractivity contribution in [2.75, 3.05) is 26.2 Å². The van der Waals surface area contributed by atoms with E-state index >= 15 is 0 Å². The van der Waals surface area contributed by atoms with E-state index in [-0.39, 0.29) is 18.1 Å².